The van der Waals surface area contributed by atoms with E-state index in [9.17, 15) is 9.59 Å². The summed E-state index contributed by atoms with van der Waals surface area (Å²) in [5, 5.41) is 5.94. The molecule has 0 spiro atoms. The van der Waals surface area contributed by atoms with E-state index in [1.807, 2.05) is 42.5 Å². The molecule has 0 aromatic heterocycles. The summed E-state index contributed by atoms with van der Waals surface area (Å²) in [4.78, 5) is 25.0. The van der Waals surface area contributed by atoms with Crippen LogP contribution in [0.2, 0.25) is 0 Å². The molecule has 0 bridgehead atoms. The number of ether oxygens (including phenoxy) is 1. The Labute approximate surface area is 160 Å². The zero-order valence-electron chi connectivity index (χ0n) is 15.7. The molecule has 27 heavy (non-hydrogen) atoms. The number of benzene rings is 2. The van der Waals surface area contributed by atoms with Gasteiger partial charge in [-0.05, 0) is 49.1 Å². The third-order valence-electron chi connectivity index (χ3n) is 5.18. The van der Waals surface area contributed by atoms with E-state index >= 15 is 0 Å². The van der Waals surface area contributed by atoms with Crippen LogP contribution >= 0.6 is 0 Å². The number of rotatable bonds is 8. The van der Waals surface area contributed by atoms with Crippen molar-refractivity contribution in [3.63, 3.8) is 0 Å². The van der Waals surface area contributed by atoms with Crippen LogP contribution in [0.3, 0.4) is 0 Å². The predicted molar refractivity (Wildman–Crippen MR) is 106 cm³/mol. The van der Waals surface area contributed by atoms with Crippen LogP contribution in [-0.4, -0.2) is 32.1 Å². The van der Waals surface area contributed by atoms with Gasteiger partial charge in [0.15, 0.2) is 0 Å². The van der Waals surface area contributed by atoms with Crippen molar-refractivity contribution in [2.24, 2.45) is 0 Å². The molecule has 0 heterocycles. The summed E-state index contributed by atoms with van der Waals surface area (Å²) in [5.74, 6) is -0.0523. The Hall–Kier alpha value is -2.66. The number of carbonyl (C=O) groups is 2. The van der Waals surface area contributed by atoms with E-state index in [0.717, 1.165) is 36.9 Å². The second-order valence-electron chi connectivity index (χ2n) is 6.94. The third-order valence-corrected chi connectivity index (χ3v) is 5.18. The van der Waals surface area contributed by atoms with Crippen LogP contribution in [0.25, 0.3) is 0 Å². The summed E-state index contributed by atoms with van der Waals surface area (Å²) in [6.07, 6.45) is 3.58. The van der Waals surface area contributed by atoms with Gasteiger partial charge >= 0.3 is 0 Å². The summed E-state index contributed by atoms with van der Waals surface area (Å²) in [7, 11) is 1.66. The number of nitrogens with one attached hydrogen (secondary N) is 2. The molecule has 3 rings (SSSR count). The van der Waals surface area contributed by atoms with Crippen LogP contribution in [0.5, 0.6) is 0 Å². The minimum Gasteiger partial charge on any atom is -0.385 e. The molecule has 5 heteroatoms. The summed E-state index contributed by atoms with van der Waals surface area (Å²) in [5.41, 5.74) is 1.92. The van der Waals surface area contributed by atoms with E-state index in [1.54, 1.807) is 19.2 Å². The highest BCUT2D eigenvalue weighted by atomic mass is 16.5. The lowest BCUT2D eigenvalue weighted by molar-refractivity contribution is -0.129. The molecule has 2 amide bonds. The lowest BCUT2D eigenvalue weighted by Gasteiger charge is -2.40. The standard InChI is InChI=1S/C22H26N2O3/c1-27-16-6-15-23-21(26)22(13-5-14-22)18-9-11-19(12-10-18)24-20(25)17-7-3-2-4-8-17/h2-4,7-12H,5-6,13-16H2,1H3,(H,23,26)(H,24,25). The van der Waals surface area contributed by atoms with Gasteiger partial charge < -0.3 is 15.4 Å². The summed E-state index contributed by atoms with van der Waals surface area (Å²) in [6, 6.07) is 16.8. The van der Waals surface area contributed by atoms with Crippen LogP contribution in [0.4, 0.5) is 5.69 Å². The Morgan fingerprint density at radius 3 is 2.33 bits per heavy atom. The van der Waals surface area contributed by atoms with Crippen molar-refractivity contribution >= 4 is 17.5 Å². The molecule has 2 N–H and O–H groups in total. The van der Waals surface area contributed by atoms with Gasteiger partial charge in [-0.2, -0.15) is 0 Å². The van der Waals surface area contributed by atoms with Crippen molar-refractivity contribution in [1.82, 2.24) is 5.32 Å². The largest absolute Gasteiger partial charge is 0.385 e. The minimum atomic E-state index is -0.435. The van der Waals surface area contributed by atoms with Crippen molar-refractivity contribution in [3.05, 3.63) is 65.7 Å². The fourth-order valence-electron chi connectivity index (χ4n) is 3.43. The second-order valence-corrected chi connectivity index (χ2v) is 6.94. The number of amides is 2. The predicted octanol–water partition coefficient (Wildman–Crippen LogP) is 3.51. The van der Waals surface area contributed by atoms with E-state index in [2.05, 4.69) is 10.6 Å². The SMILES string of the molecule is COCCCNC(=O)C1(c2ccc(NC(=O)c3ccccc3)cc2)CCC1. The molecule has 0 radical (unpaired) electrons. The Bertz CT molecular complexity index is 768. The number of anilines is 1. The van der Waals surface area contributed by atoms with Crippen LogP contribution < -0.4 is 10.6 Å². The first-order valence-electron chi connectivity index (χ1n) is 9.40. The molecule has 5 nitrogen and oxygen atoms in total. The van der Waals surface area contributed by atoms with Crippen LogP contribution in [0.1, 0.15) is 41.6 Å². The molecule has 1 aliphatic rings. The molecular weight excluding hydrogens is 340 g/mol. The zero-order valence-corrected chi connectivity index (χ0v) is 15.7. The molecule has 2 aromatic carbocycles. The third kappa shape index (κ3) is 4.37. The van der Waals surface area contributed by atoms with Gasteiger partial charge in [0.05, 0.1) is 5.41 Å². The molecule has 0 unspecified atom stereocenters. The van der Waals surface area contributed by atoms with Gasteiger partial charge in [-0.25, -0.2) is 0 Å². The van der Waals surface area contributed by atoms with Crippen molar-refractivity contribution < 1.29 is 14.3 Å². The molecule has 142 valence electrons. The maximum absolute atomic E-state index is 12.7. The van der Waals surface area contributed by atoms with Gasteiger partial charge in [0.1, 0.15) is 0 Å². The van der Waals surface area contributed by atoms with Gasteiger partial charge in [-0.1, -0.05) is 36.8 Å². The zero-order chi connectivity index (χ0) is 19.1. The molecule has 0 atom stereocenters. The van der Waals surface area contributed by atoms with E-state index < -0.39 is 5.41 Å². The van der Waals surface area contributed by atoms with Crippen LogP contribution in [-0.2, 0) is 14.9 Å². The van der Waals surface area contributed by atoms with Gasteiger partial charge in [0.25, 0.3) is 5.91 Å². The Morgan fingerprint density at radius 1 is 1.04 bits per heavy atom. The smallest absolute Gasteiger partial charge is 0.255 e. The summed E-state index contributed by atoms with van der Waals surface area (Å²) < 4.78 is 5.03. The van der Waals surface area contributed by atoms with Gasteiger partial charge in [0, 0.05) is 31.5 Å². The molecule has 1 aliphatic carbocycles. The molecule has 1 fully saturated rings. The molecule has 0 aliphatic heterocycles. The van der Waals surface area contributed by atoms with Crippen molar-refractivity contribution in [3.8, 4) is 0 Å². The number of methoxy groups -OCH3 is 1. The van der Waals surface area contributed by atoms with Gasteiger partial charge in [0.2, 0.25) is 5.91 Å². The molecule has 1 saturated carbocycles. The Balaban J connectivity index is 1.64. The monoisotopic (exact) mass is 366 g/mol. The average molecular weight is 366 g/mol. The highest BCUT2D eigenvalue weighted by molar-refractivity contribution is 6.04. The van der Waals surface area contributed by atoms with E-state index in [4.69, 9.17) is 4.74 Å². The minimum absolute atomic E-state index is 0.0888. The van der Waals surface area contributed by atoms with Crippen molar-refractivity contribution in [2.75, 3.05) is 25.6 Å². The van der Waals surface area contributed by atoms with E-state index in [0.29, 0.717) is 18.7 Å². The lowest BCUT2D eigenvalue weighted by Crippen LogP contribution is -2.49. The van der Waals surface area contributed by atoms with Gasteiger partial charge in [-0.3, -0.25) is 9.59 Å². The first-order valence-corrected chi connectivity index (χ1v) is 9.40. The topological polar surface area (TPSA) is 67.4 Å². The number of hydrogen-bond acceptors (Lipinski definition) is 3. The first-order chi connectivity index (χ1) is 13.2. The van der Waals surface area contributed by atoms with Crippen LogP contribution in [0, 0.1) is 0 Å². The number of carbonyl (C=O) groups excluding carboxylic acids is 2. The highest BCUT2D eigenvalue weighted by Gasteiger charge is 2.45. The maximum atomic E-state index is 12.7. The number of hydrogen-bond donors (Lipinski definition) is 2. The highest BCUT2D eigenvalue weighted by Crippen LogP contribution is 2.44. The van der Waals surface area contributed by atoms with E-state index in [-0.39, 0.29) is 11.8 Å². The maximum Gasteiger partial charge on any atom is 0.255 e. The normalized spacial score (nSPS) is 14.9. The Kier molecular flexibility index (Phi) is 6.24. The van der Waals surface area contributed by atoms with Gasteiger partial charge in [-0.15, -0.1) is 0 Å². The summed E-state index contributed by atoms with van der Waals surface area (Å²) in [6.45, 7) is 1.27. The molecular formula is C22H26N2O3. The quantitative estimate of drug-likeness (QED) is 0.703. The first kappa shape index (κ1) is 19.1. The second kappa shape index (κ2) is 8.82. The van der Waals surface area contributed by atoms with E-state index in [1.165, 1.54) is 0 Å². The Morgan fingerprint density at radius 2 is 1.74 bits per heavy atom. The molecule has 2 aromatic rings. The molecule has 0 saturated heterocycles. The fourth-order valence-corrected chi connectivity index (χ4v) is 3.43. The summed E-state index contributed by atoms with van der Waals surface area (Å²) >= 11 is 0. The van der Waals surface area contributed by atoms with Crippen molar-refractivity contribution in [1.29, 1.82) is 0 Å². The lowest BCUT2D eigenvalue weighted by atomic mass is 9.64. The fraction of sp³-hybridized carbons (Fsp3) is 0.364. The van der Waals surface area contributed by atoms with Crippen LogP contribution in [0.15, 0.2) is 54.6 Å². The van der Waals surface area contributed by atoms with Crippen molar-refractivity contribution in [2.45, 2.75) is 31.1 Å². The average Bonchev–Trinajstić information content (AvgIpc) is 2.66.